The summed E-state index contributed by atoms with van der Waals surface area (Å²) in [6.45, 7) is 3.65. The topological polar surface area (TPSA) is 56.8 Å². The summed E-state index contributed by atoms with van der Waals surface area (Å²) in [4.78, 5) is 11.4. The Morgan fingerprint density at radius 1 is 1.50 bits per heavy atom. The molecule has 0 atom stereocenters. The molecule has 5 heteroatoms. The van der Waals surface area contributed by atoms with Crippen molar-refractivity contribution in [3.63, 3.8) is 0 Å². The van der Waals surface area contributed by atoms with Crippen LogP contribution in [-0.2, 0) is 0 Å². The number of fused-ring (bicyclic) bond motifs is 1. The lowest BCUT2D eigenvalue weighted by Crippen LogP contribution is -2.30. The van der Waals surface area contributed by atoms with Gasteiger partial charge in [0.05, 0.1) is 6.54 Å². The summed E-state index contributed by atoms with van der Waals surface area (Å²) in [7, 11) is 0. The Morgan fingerprint density at radius 3 is 3.00 bits per heavy atom. The SMILES string of the molecule is C#CCNC(=O)Oc1cccc2c1OC(C)(C)O2. The molecule has 0 unspecified atom stereocenters. The number of ether oxygens (including phenoxy) is 3. The van der Waals surface area contributed by atoms with Gasteiger partial charge in [-0.1, -0.05) is 12.0 Å². The second-order valence-electron chi connectivity index (χ2n) is 4.13. The molecule has 0 spiro atoms. The predicted octanol–water partition coefficient (Wildman–Crippen LogP) is 1.92. The molecule has 94 valence electrons. The molecule has 1 aromatic carbocycles. The Bertz CT molecular complexity index is 516. The Kier molecular flexibility index (Phi) is 3.02. The lowest BCUT2D eigenvalue weighted by Gasteiger charge is -2.16. The summed E-state index contributed by atoms with van der Waals surface area (Å²) in [5, 5.41) is 2.40. The zero-order valence-electron chi connectivity index (χ0n) is 10.1. The van der Waals surface area contributed by atoms with Crippen molar-refractivity contribution >= 4 is 6.09 Å². The molecule has 1 aliphatic heterocycles. The van der Waals surface area contributed by atoms with Crippen LogP contribution in [0.4, 0.5) is 4.79 Å². The second kappa shape index (κ2) is 4.49. The zero-order chi connectivity index (χ0) is 13.2. The molecule has 0 radical (unpaired) electrons. The van der Waals surface area contributed by atoms with Crippen LogP contribution in [0, 0.1) is 12.3 Å². The minimum absolute atomic E-state index is 0.108. The molecule has 18 heavy (non-hydrogen) atoms. The fourth-order valence-corrected chi connectivity index (χ4v) is 1.55. The smallest absolute Gasteiger partial charge is 0.413 e. The highest BCUT2D eigenvalue weighted by Gasteiger charge is 2.34. The summed E-state index contributed by atoms with van der Waals surface area (Å²) in [6, 6.07) is 5.09. The van der Waals surface area contributed by atoms with Crippen LogP contribution >= 0.6 is 0 Å². The highest BCUT2D eigenvalue weighted by atomic mass is 16.7. The van der Waals surface area contributed by atoms with Gasteiger partial charge in [0.25, 0.3) is 0 Å². The van der Waals surface area contributed by atoms with E-state index in [9.17, 15) is 4.79 Å². The van der Waals surface area contributed by atoms with Gasteiger partial charge in [-0.3, -0.25) is 0 Å². The molecule has 0 aliphatic carbocycles. The third kappa shape index (κ3) is 2.48. The van der Waals surface area contributed by atoms with Crippen molar-refractivity contribution in [1.82, 2.24) is 5.32 Å². The first kappa shape index (κ1) is 12.1. The summed E-state index contributed by atoms with van der Waals surface area (Å²) in [5.74, 6) is 2.77. The first-order valence-electron chi connectivity index (χ1n) is 5.42. The molecule has 1 aromatic rings. The van der Waals surface area contributed by atoms with E-state index in [1.807, 2.05) is 0 Å². The second-order valence-corrected chi connectivity index (χ2v) is 4.13. The molecule has 0 aromatic heterocycles. The van der Waals surface area contributed by atoms with Gasteiger partial charge in [-0.25, -0.2) is 4.79 Å². The number of rotatable bonds is 2. The molecule has 1 N–H and O–H groups in total. The van der Waals surface area contributed by atoms with E-state index in [-0.39, 0.29) is 6.54 Å². The minimum Gasteiger partial charge on any atom is -0.449 e. The normalized spacial score (nSPS) is 14.7. The summed E-state index contributed by atoms with van der Waals surface area (Å²) >= 11 is 0. The molecular formula is C13H13NO4. The van der Waals surface area contributed by atoms with Gasteiger partial charge in [0.2, 0.25) is 11.5 Å². The number of hydrogen-bond acceptors (Lipinski definition) is 4. The van der Waals surface area contributed by atoms with E-state index in [1.54, 1.807) is 32.0 Å². The highest BCUT2D eigenvalue weighted by Crippen LogP contribution is 2.45. The van der Waals surface area contributed by atoms with E-state index in [1.165, 1.54) is 0 Å². The Labute approximate surface area is 105 Å². The quantitative estimate of drug-likeness (QED) is 0.811. The Balaban J connectivity index is 2.15. The van der Waals surface area contributed by atoms with Crippen molar-refractivity contribution in [1.29, 1.82) is 0 Å². The van der Waals surface area contributed by atoms with E-state index in [0.29, 0.717) is 17.2 Å². The van der Waals surface area contributed by atoms with Crippen molar-refractivity contribution in [3.05, 3.63) is 18.2 Å². The minimum atomic E-state index is -0.767. The fraction of sp³-hybridized carbons (Fsp3) is 0.308. The summed E-state index contributed by atoms with van der Waals surface area (Å²) < 4.78 is 16.2. The van der Waals surface area contributed by atoms with Crippen molar-refractivity contribution in [2.75, 3.05) is 6.54 Å². The number of hydrogen-bond donors (Lipinski definition) is 1. The van der Waals surface area contributed by atoms with Crippen LogP contribution in [0.2, 0.25) is 0 Å². The van der Waals surface area contributed by atoms with Crippen LogP contribution in [0.25, 0.3) is 0 Å². The molecule has 1 amide bonds. The van der Waals surface area contributed by atoms with E-state index in [2.05, 4.69) is 11.2 Å². The third-order valence-corrected chi connectivity index (χ3v) is 2.18. The van der Waals surface area contributed by atoms with Gasteiger partial charge >= 0.3 is 6.09 Å². The number of terminal acetylenes is 1. The fourth-order valence-electron chi connectivity index (χ4n) is 1.55. The number of nitrogens with one attached hydrogen (secondary N) is 1. The van der Waals surface area contributed by atoms with Crippen molar-refractivity contribution < 1.29 is 19.0 Å². The number of amides is 1. The van der Waals surface area contributed by atoms with Crippen LogP contribution in [-0.4, -0.2) is 18.4 Å². The largest absolute Gasteiger partial charge is 0.449 e. The molecule has 0 saturated heterocycles. The van der Waals surface area contributed by atoms with Crippen LogP contribution in [0.15, 0.2) is 18.2 Å². The molecule has 1 aliphatic rings. The first-order chi connectivity index (χ1) is 8.52. The van der Waals surface area contributed by atoms with E-state index >= 15 is 0 Å². The van der Waals surface area contributed by atoms with E-state index in [0.717, 1.165) is 0 Å². The van der Waals surface area contributed by atoms with E-state index < -0.39 is 11.9 Å². The van der Waals surface area contributed by atoms with Crippen molar-refractivity contribution in [2.24, 2.45) is 0 Å². The molecule has 0 fully saturated rings. The molecule has 0 saturated carbocycles. The molecule has 5 nitrogen and oxygen atoms in total. The van der Waals surface area contributed by atoms with Crippen LogP contribution in [0.1, 0.15) is 13.8 Å². The van der Waals surface area contributed by atoms with Crippen molar-refractivity contribution in [2.45, 2.75) is 19.6 Å². The Morgan fingerprint density at radius 2 is 2.28 bits per heavy atom. The summed E-state index contributed by atoms with van der Waals surface area (Å²) in [6.07, 6.45) is 4.40. The van der Waals surface area contributed by atoms with Crippen LogP contribution < -0.4 is 19.5 Å². The van der Waals surface area contributed by atoms with Gasteiger partial charge < -0.3 is 19.5 Å². The number of benzene rings is 1. The molecule has 1 heterocycles. The highest BCUT2D eigenvalue weighted by molar-refractivity contribution is 5.72. The van der Waals surface area contributed by atoms with Gasteiger partial charge in [0, 0.05) is 13.8 Å². The maximum absolute atomic E-state index is 11.4. The zero-order valence-corrected chi connectivity index (χ0v) is 10.1. The van der Waals surface area contributed by atoms with Gasteiger partial charge in [0.1, 0.15) is 0 Å². The van der Waals surface area contributed by atoms with Crippen molar-refractivity contribution in [3.8, 4) is 29.6 Å². The van der Waals surface area contributed by atoms with Crippen LogP contribution in [0.3, 0.4) is 0 Å². The average Bonchev–Trinajstić information content (AvgIpc) is 2.62. The monoisotopic (exact) mass is 247 g/mol. The maximum Gasteiger partial charge on any atom is 0.413 e. The van der Waals surface area contributed by atoms with Gasteiger partial charge in [-0.2, -0.15) is 0 Å². The Hall–Kier alpha value is -2.35. The number of carbonyl (C=O) groups excluding carboxylic acids is 1. The number of para-hydroxylation sites is 1. The third-order valence-electron chi connectivity index (χ3n) is 2.18. The predicted molar refractivity (Wildman–Crippen MR) is 64.6 cm³/mol. The van der Waals surface area contributed by atoms with Gasteiger partial charge in [0.15, 0.2) is 11.5 Å². The van der Waals surface area contributed by atoms with Gasteiger partial charge in [-0.15, -0.1) is 6.42 Å². The first-order valence-corrected chi connectivity index (χ1v) is 5.42. The summed E-state index contributed by atoms with van der Waals surface area (Å²) in [5.41, 5.74) is 0. The standard InChI is InChI=1S/C13H13NO4/c1-4-8-14-12(15)16-9-6-5-7-10-11(9)18-13(2,3)17-10/h1,5-7H,8H2,2-3H3,(H,14,15). The molecular weight excluding hydrogens is 234 g/mol. The molecule has 2 rings (SSSR count). The average molecular weight is 247 g/mol. The molecule has 0 bridgehead atoms. The lowest BCUT2D eigenvalue weighted by atomic mass is 10.3. The maximum atomic E-state index is 11.4. The van der Waals surface area contributed by atoms with E-state index in [4.69, 9.17) is 20.6 Å². The van der Waals surface area contributed by atoms with Crippen LogP contribution in [0.5, 0.6) is 17.2 Å². The van der Waals surface area contributed by atoms with Gasteiger partial charge in [-0.05, 0) is 12.1 Å². The lowest BCUT2D eigenvalue weighted by molar-refractivity contribution is -0.0438. The number of carbonyl (C=O) groups is 1.